The Morgan fingerprint density at radius 1 is 1.24 bits per heavy atom. The highest BCUT2D eigenvalue weighted by Crippen LogP contribution is 2.18. The largest absolute Gasteiger partial charge is 0.379 e. The minimum atomic E-state index is -2.95. The third kappa shape index (κ3) is 10.7. The molecular weight excluding hydrogens is 340 g/mol. The molecule has 148 valence electrons. The van der Waals surface area contributed by atoms with Crippen molar-refractivity contribution in [1.29, 1.82) is 0 Å². The van der Waals surface area contributed by atoms with Gasteiger partial charge < -0.3 is 15.4 Å². The maximum absolute atomic E-state index is 11.0. The van der Waals surface area contributed by atoms with Crippen molar-refractivity contribution in [3.63, 3.8) is 0 Å². The zero-order chi connectivity index (χ0) is 18.5. The molecule has 0 aliphatic carbocycles. The summed E-state index contributed by atoms with van der Waals surface area (Å²) in [6.07, 6.45) is 6.39. The van der Waals surface area contributed by atoms with Crippen molar-refractivity contribution in [2.24, 2.45) is 4.99 Å². The van der Waals surface area contributed by atoms with Crippen LogP contribution in [0.3, 0.4) is 0 Å². The van der Waals surface area contributed by atoms with Gasteiger partial charge in [-0.25, -0.2) is 8.42 Å². The van der Waals surface area contributed by atoms with E-state index in [4.69, 9.17) is 4.74 Å². The van der Waals surface area contributed by atoms with Crippen LogP contribution in [0.4, 0.5) is 0 Å². The maximum Gasteiger partial charge on any atom is 0.191 e. The molecule has 1 fully saturated rings. The van der Waals surface area contributed by atoms with Crippen LogP contribution in [0, 0.1) is 0 Å². The minimum Gasteiger partial charge on any atom is -0.379 e. The maximum atomic E-state index is 11.0. The van der Waals surface area contributed by atoms with Crippen molar-refractivity contribution >= 4 is 15.8 Å². The molecule has 1 heterocycles. The molecule has 0 amide bonds. The average Bonchev–Trinajstić information content (AvgIpc) is 2.57. The van der Waals surface area contributed by atoms with Gasteiger partial charge in [0.2, 0.25) is 0 Å². The second-order valence-electron chi connectivity index (χ2n) is 6.52. The van der Waals surface area contributed by atoms with E-state index in [-0.39, 0.29) is 12.4 Å². The first kappa shape index (κ1) is 22.2. The van der Waals surface area contributed by atoms with Crippen molar-refractivity contribution in [1.82, 2.24) is 15.5 Å². The Bertz CT molecular complexity index is 482. The SMILES string of the molecule is CCNC(=NCCN1CCCCC1CC)NCCOCCS(C)(=O)=O. The van der Waals surface area contributed by atoms with E-state index in [0.717, 1.165) is 25.6 Å². The second-order valence-corrected chi connectivity index (χ2v) is 8.78. The van der Waals surface area contributed by atoms with Gasteiger partial charge >= 0.3 is 0 Å². The number of nitrogens with zero attached hydrogens (tertiary/aromatic N) is 2. The van der Waals surface area contributed by atoms with E-state index in [1.807, 2.05) is 6.92 Å². The van der Waals surface area contributed by atoms with Crippen LogP contribution in [0.25, 0.3) is 0 Å². The monoisotopic (exact) mass is 376 g/mol. The van der Waals surface area contributed by atoms with Crippen LogP contribution in [-0.4, -0.2) is 83.3 Å². The van der Waals surface area contributed by atoms with Gasteiger partial charge in [-0.1, -0.05) is 13.3 Å². The molecule has 25 heavy (non-hydrogen) atoms. The lowest BCUT2D eigenvalue weighted by molar-refractivity contribution is 0.148. The molecule has 0 aromatic heterocycles. The molecule has 0 spiro atoms. The highest BCUT2D eigenvalue weighted by atomic mass is 32.2. The van der Waals surface area contributed by atoms with Crippen molar-refractivity contribution < 1.29 is 13.2 Å². The molecule has 8 heteroatoms. The lowest BCUT2D eigenvalue weighted by Gasteiger charge is -2.34. The number of likely N-dealkylation sites (tertiary alicyclic amines) is 1. The summed E-state index contributed by atoms with van der Waals surface area (Å²) in [7, 11) is -2.95. The highest BCUT2D eigenvalue weighted by molar-refractivity contribution is 7.90. The van der Waals surface area contributed by atoms with Gasteiger partial charge in [-0.05, 0) is 32.7 Å². The number of piperidine rings is 1. The zero-order valence-corrected chi connectivity index (χ0v) is 16.9. The van der Waals surface area contributed by atoms with Crippen LogP contribution in [-0.2, 0) is 14.6 Å². The average molecular weight is 377 g/mol. The van der Waals surface area contributed by atoms with Gasteiger partial charge in [-0.3, -0.25) is 9.89 Å². The molecule has 0 radical (unpaired) electrons. The Hall–Kier alpha value is -0.860. The molecule has 1 aliphatic heterocycles. The van der Waals surface area contributed by atoms with E-state index in [1.54, 1.807) is 0 Å². The van der Waals surface area contributed by atoms with Crippen LogP contribution in [0.5, 0.6) is 0 Å². The van der Waals surface area contributed by atoms with Gasteiger partial charge in [-0.2, -0.15) is 0 Å². The summed E-state index contributed by atoms with van der Waals surface area (Å²) in [5.74, 6) is 0.856. The molecular formula is C17H36N4O3S. The summed E-state index contributed by atoms with van der Waals surface area (Å²) < 4.78 is 27.4. The number of nitrogens with one attached hydrogen (secondary N) is 2. The third-order valence-corrected chi connectivity index (χ3v) is 5.27. The second kappa shape index (κ2) is 12.5. The van der Waals surface area contributed by atoms with Gasteiger partial charge in [0, 0.05) is 31.9 Å². The predicted molar refractivity (Wildman–Crippen MR) is 104 cm³/mol. The Kier molecular flexibility index (Phi) is 11.1. The first-order valence-corrected chi connectivity index (χ1v) is 11.5. The van der Waals surface area contributed by atoms with Crippen molar-refractivity contribution in [2.75, 3.05) is 57.9 Å². The number of sulfone groups is 1. The van der Waals surface area contributed by atoms with Crippen LogP contribution >= 0.6 is 0 Å². The molecule has 7 nitrogen and oxygen atoms in total. The summed E-state index contributed by atoms with van der Waals surface area (Å²) in [5.41, 5.74) is 0. The van der Waals surface area contributed by atoms with E-state index >= 15 is 0 Å². The summed E-state index contributed by atoms with van der Waals surface area (Å²) >= 11 is 0. The van der Waals surface area contributed by atoms with Crippen molar-refractivity contribution in [3.8, 4) is 0 Å². The molecule has 0 aromatic rings. The van der Waals surface area contributed by atoms with Crippen molar-refractivity contribution in [3.05, 3.63) is 0 Å². The van der Waals surface area contributed by atoms with Gasteiger partial charge in [0.1, 0.15) is 9.84 Å². The summed E-state index contributed by atoms with van der Waals surface area (Å²) in [6, 6.07) is 0.711. The number of guanidine groups is 1. The van der Waals surface area contributed by atoms with E-state index in [9.17, 15) is 8.42 Å². The normalized spacial score (nSPS) is 19.8. The Labute approximate surface area is 153 Å². The Morgan fingerprint density at radius 3 is 2.72 bits per heavy atom. The van der Waals surface area contributed by atoms with Crippen LogP contribution in [0.15, 0.2) is 4.99 Å². The molecule has 1 atom stereocenters. The lowest BCUT2D eigenvalue weighted by Crippen LogP contribution is -2.42. The molecule has 1 aliphatic rings. The predicted octanol–water partition coefficient (Wildman–Crippen LogP) is 0.867. The molecule has 1 saturated heterocycles. The molecule has 0 aromatic carbocycles. The van der Waals surface area contributed by atoms with Crippen LogP contribution < -0.4 is 10.6 Å². The van der Waals surface area contributed by atoms with Crippen LogP contribution in [0.2, 0.25) is 0 Å². The smallest absolute Gasteiger partial charge is 0.191 e. The fourth-order valence-electron chi connectivity index (χ4n) is 3.00. The minimum absolute atomic E-state index is 0.0651. The molecule has 0 bridgehead atoms. The molecule has 2 N–H and O–H groups in total. The topological polar surface area (TPSA) is 83.0 Å². The third-order valence-electron chi connectivity index (χ3n) is 4.36. The zero-order valence-electron chi connectivity index (χ0n) is 16.1. The molecule has 0 saturated carbocycles. The lowest BCUT2D eigenvalue weighted by atomic mass is 10.0. The number of hydrogen-bond acceptors (Lipinski definition) is 5. The number of rotatable bonds is 11. The Balaban J connectivity index is 2.26. The standard InChI is InChI=1S/C17H36N4O3S/c1-4-16-8-6-7-11-21(16)12-9-19-17(18-5-2)20-10-13-24-14-15-25(3,22)23/h16H,4-15H2,1-3H3,(H2,18,19,20). The summed E-state index contributed by atoms with van der Waals surface area (Å²) in [6.45, 7) is 9.39. The number of hydrogen-bond donors (Lipinski definition) is 2. The van der Waals surface area contributed by atoms with Crippen LogP contribution in [0.1, 0.15) is 39.5 Å². The van der Waals surface area contributed by atoms with E-state index in [1.165, 1.54) is 38.5 Å². The molecule has 1 rings (SSSR count). The highest BCUT2D eigenvalue weighted by Gasteiger charge is 2.19. The van der Waals surface area contributed by atoms with Gasteiger partial charge in [0.05, 0.1) is 25.5 Å². The summed E-state index contributed by atoms with van der Waals surface area (Å²) in [4.78, 5) is 7.20. The van der Waals surface area contributed by atoms with Gasteiger partial charge in [-0.15, -0.1) is 0 Å². The number of aliphatic imine (C=N–C) groups is 1. The fraction of sp³-hybridized carbons (Fsp3) is 0.941. The number of ether oxygens (including phenoxy) is 1. The van der Waals surface area contributed by atoms with E-state index in [2.05, 4.69) is 27.4 Å². The first-order valence-electron chi connectivity index (χ1n) is 9.48. The quantitative estimate of drug-likeness (QED) is 0.316. The summed E-state index contributed by atoms with van der Waals surface area (Å²) in [5, 5.41) is 6.46. The Morgan fingerprint density at radius 2 is 2.04 bits per heavy atom. The fourth-order valence-corrected chi connectivity index (χ4v) is 3.42. The van der Waals surface area contributed by atoms with Gasteiger partial charge in [0.25, 0.3) is 0 Å². The van der Waals surface area contributed by atoms with E-state index in [0.29, 0.717) is 19.2 Å². The molecule has 1 unspecified atom stereocenters. The van der Waals surface area contributed by atoms with Gasteiger partial charge in [0.15, 0.2) is 5.96 Å². The first-order chi connectivity index (χ1) is 12.0. The van der Waals surface area contributed by atoms with E-state index < -0.39 is 9.84 Å². The van der Waals surface area contributed by atoms with Crippen molar-refractivity contribution in [2.45, 2.75) is 45.6 Å².